The van der Waals surface area contributed by atoms with Crippen molar-refractivity contribution in [3.63, 3.8) is 0 Å². The summed E-state index contributed by atoms with van der Waals surface area (Å²) in [4.78, 5) is 0. The molecule has 0 radical (unpaired) electrons. The van der Waals surface area contributed by atoms with Crippen molar-refractivity contribution < 1.29 is 18.9 Å². The highest BCUT2D eigenvalue weighted by molar-refractivity contribution is 6.31. The second-order valence-corrected chi connectivity index (χ2v) is 8.33. The average Bonchev–Trinajstić information content (AvgIpc) is 3.06. The minimum Gasteiger partial charge on any atom is -0.368 e. The Kier molecular flexibility index (Phi) is 6.00. The molecule has 0 spiro atoms. The molecular weight excluding hydrogens is 352 g/mol. The molecule has 26 heavy (non-hydrogen) atoms. The van der Waals surface area contributed by atoms with E-state index < -0.39 is 0 Å². The van der Waals surface area contributed by atoms with E-state index in [0.717, 1.165) is 23.4 Å². The molecule has 2 bridgehead atoms. The van der Waals surface area contributed by atoms with Gasteiger partial charge >= 0.3 is 0 Å². The Labute approximate surface area is 162 Å². The van der Waals surface area contributed by atoms with Gasteiger partial charge in [-0.3, -0.25) is 0 Å². The normalized spacial score (nSPS) is 34.6. The van der Waals surface area contributed by atoms with E-state index in [1.807, 2.05) is 38.1 Å². The van der Waals surface area contributed by atoms with Gasteiger partial charge in [0.1, 0.15) is 17.8 Å². The maximum absolute atomic E-state index is 6.59. The van der Waals surface area contributed by atoms with Gasteiger partial charge in [-0.05, 0) is 51.2 Å². The van der Waals surface area contributed by atoms with E-state index in [1.165, 1.54) is 0 Å². The predicted molar refractivity (Wildman–Crippen MR) is 102 cm³/mol. The van der Waals surface area contributed by atoms with Crippen LogP contribution in [-0.4, -0.2) is 36.3 Å². The second kappa shape index (κ2) is 7.76. The molecule has 2 saturated heterocycles. The third-order valence-electron chi connectivity index (χ3n) is 5.89. The SMILES string of the molecule is CCOC(C)O[C@@H]1[C@@H](OCc2ccccc2Cl)[C@]2(C)CC[C@@]1(C(C)C)O2. The Morgan fingerprint density at radius 1 is 1.19 bits per heavy atom. The van der Waals surface area contributed by atoms with E-state index in [0.29, 0.717) is 19.1 Å². The Hall–Kier alpha value is -0.650. The standard InChI is InChI=1S/C21H31ClO4/c1-6-23-15(4)25-19-18(24-13-16-9-7-8-10-17(16)22)20(5)11-12-21(19,26-20)14(2)3/h7-10,14-15,18-19H,6,11-13H2,1-5H3/t15?,18-,19-,20+,21+/m1/s1. The van der Waals surface area contributed by atoms with E-state index in [4.69, 9.17) is 30.5 Å². The summed E-state index contributed by atoms with van der Waals surface area (Å²) >= 11 is 6.30. The number of ether oxygens (including phenoxy) is 4. The first-order valence-corrected chi connectivity index (χ1v) is 10.0. The van der Waals surface area contributed by atoms with Crippen molar-refractivity contribution in [1.29, 1.82) is 0 Å². The topological polar surface area (TPSA) is 36.9 Å². The summed E-state index contributed by atoms with van der Waals surface area (Å²) in [6.45, 7) is 11.5. The summed E-state index contributed by atoms with van der Waals surface area (Å²) < 4.78 is 25.0. The molecule has 0 N–H and O–H groups in total. The van der Waals surface area contributed by atoms with Crippen LogP contribution in [0.5, 0.6) is 0 Å². The van der Waals surface area contributed by atoms with Gasteiger partial charge in [0.25, 0.3) is 0 Å². The van der Waals surface area contributed by atoms with Gasteiger partial charge in [0.05, 0.1) is 12.2 Å². The van der Waals surface area contributed by atoms with Crippen molar-refractivity contribution in [3.05, 3.63) is 34.9 Å². The third-order valence-corrected chi connectivity index (χ3v) is 6.26. The van der Waals surface area contributed by atoms with E-state index in [9.17, 15) is 0 Å². The Bertz CT molecular complexity index is 622. The molecule has 1 aromatic carbocycles. The number of hydrogen-bond acceptors (Lipinski definition) is 4. The summed E-state index contributed by atoms with van der Waals surface area (Å²) in [7, 11) is 0. The van der Waals surface area contributed by atoms with Gasteiger partial charge in [-0.1, -0.05) is 43.6 Å². The van der Waals surface area contributed by atoms with Crippen LogP contribution in [0.25, 0.3) is 0 Å². The molecule has 2 heterocycles. The van der Waals surface area contributed by atoms with Crippen LogP contribution in [-0.2, 0) is 25.6 Å². The highest BCUT2D eigenvalue weighted by atomic mass is 35.5. The highest BCUT2D eigenvalue weighted by Crippen LogP contribution is 2.56. The van der Waals surface area contributed by atoms with Crippen LogP contribution in [0.1, 0.15) is 53.0 Å². The zero-order valence-electron chi connectivity index (χ0n) is 16.5. The zero-order valence-corrected chi connectivity index (χ0v) is 17.2. The largest absolute Gasteiger partial charge is 0.368 e. The minimum atomic E-state index is -0.345. The molecule has 2 aliphatic heterocycles. The van der Waals surface area contributed by atoms with Crippen LogP contribution in [0.4, 0.5) is 0 Å². The fraction of sp³-hybridized carbons (Fsp3) is 0.714. The average molecular weight is 383 g/mol. The van der Waals surface area contributed by atoms with Crippen molar-refractivity contribution in [2.45, 2.75) is 83.8 Å². The van der Waals surface area contributed by atoms with Crippen molar-refractivity contribution in [1.82, 2.24) is 0 Å². The van der Waals surface area contributed by atoms with Gasteiger partial charge in [0.2, 0.25) is 0 Å². The van der Waals surface area contributed by atoms with Crippen molar-refractivity contribution in [3.8, 4) is 0 Å². The van der Waals surface area contributed by atoms with E-state index in [-0.39, 0.29) is 29.7 Å². The van der Waals surface area contributed by atoms with Crippen LogP contribution < -0.4 is 0 Å². The molecule has 5 heteroatoms. The van der Waals surface area contributed by atoms with Crippen LogP contribution in [0.3, 0.4) is 0 Å². The summed E-state index contributed by atoms with van der Waals surface area (Å²) in [6.07, 6.45) is 1.35. The quantitative estimate of drug-likeness (QED) is 0.595. The molecule has 0 amide bonds. The van der Waals surface area contributed by atoms with Crippen molar-refractivity contribution in [2.24, 2.45) is 5.92 Å². The lowest BCUT2D eigenvalue weighted by atomic mass is 9.73. The minimum absolute atomic E-state index is 0.155. The smallest absolute Gasteiger partial charge is 0.155 e. The molecule has 0 saturated carbocycles. The summed E-state index contributed by atoms with van der Waals surface area (Å²) in [5, 5.41) is 0.723. The summed E-state index contributed by atoms with van der Waals surface area (Å²) in [5.41, 5.74) is 0.309. The first kappa shape index (κ1) is 20.1. The van der Waals surface area contributed by atoms with Crippen molar-refractivity contribution >= 4 is 11.6 Å². The molecule has 4 nitrogen and oxygen atoms in total. The van der Waals surface area contributed by atoms with Gasteiger partial charge in [0, 0.05) is 11.6 Å². The molecular formula is C21H31ClO4. The number of fused-ring (bicyclic) bond motifs is 2. The lowest BCUT2D eigenvalue weighted by Crippen LogP contribution is -2.54. The van der Waals surface area contributed by atoms with E-state index in [2.05, 4.69) is 20.8 Å². The third kappa shape index (κ3) is 3.55. The van der Waals surface area contributed by atoms with Crippen LogP contribution in [0, 0.1) is 5.92 Å². The molecule has 1 unspecified atom stereocenters. The molecule has 2 aliphatic rings. The fourth-order valence-electron chi connectivity index (χ4n) is 4.42. The molecule has 0 aromatic heterocycles. The Morgan fingerprint density at radius 2 is 1.92 bits per heavy atom. The molecule has 5 atom stereocenters. The Balaban J connectivity index is 1.82. The maximum Gasteiger partial charge on any atom is 0.155 e. The van der Waals surface area contributed by atoms with E-state index in [1.54, 1.807) is 0 Å². The monoisotopic (exact) mass is 382 g/mol. The van der Waals surface area contributed by atoms with E-state index >= 15 is 0 Å². The second-order valence-electron chi connectivity index (χ2n) is 7.93. The van der Waals surface area contributed by atoms with Gasteiger partial charge in [-0.2, -0.15) is 0 Å². The number of benzene rings is 1. The number of hydrogen-bond donors (Lipinski definition) is 0. The van der Waals surface area contributed by atoms with Gasteiger partial charge < -0.3 is 18.9 Å². The van der Waals surface area contributed by atoms with Gasteiger partial charge in [-0.25, -0.2) is 0 Å². The molecule has 146 valence electrons. The molecule has 3 rings (SSSR count). The summed E-state index contributed by atoms with van der Waals surface area (Å²) in [5.74, 6) is 0.331. The fourth-order valence-corrected chi connectivity index (χ4v) is 4.61. The predicted octanol–water partition coefficient (Wildman–Crippen LogP) is 4.97. The van der Waals surface area contributed by atoms with Crippen molar-refractivity contribution in [2.75, 3.05) is 6.61 Å². The van der Waals surface area contributed by atoms with Crippen LogP contribution in [0.15, 0.2) is 24.3 Å². The zero-order chi connectivity index (χ0) is 18.9. The van der Waals surface area contributed by atoms with Crippen LogP contribution in [0.2, 0.25) is 5.02 Å². The highest BCUT2D eigenvalue weighted by Gasteiger charge is 2.68. The number of halogens is 1. The lowest BCUT2D eigenvalue weighted by Gasteiger charge is -2.40. The molecule has 2 fully saturated rings. The number of rotatable bonds is 8. The first-order valence-electron chi connectivity index (χ1n) is 9.64. The summed E-state index contributed by atoms with van der Waals surface area (Å²) in [6, 6.07) is 7.79. The first-order chi connectivity index (χ1) is 12.3. The van der Waals surface area contributed by atoms with Crippen LogP contribution >= 0.6 is 11.6 Å². The lowest BCUT2D eigenvalue weighted by molar-refractivity contribution is -0.216. The molecule has 1 aromatic rings. The van der Waals surface area contributed by atoms with Gasteiger partial charge in [-0.15, -0.1) is 0 Å². The molecule has 0 aliphatic carbocycles. The van der Waals surface area contributed by atoms with Gasteiger partial charge in [0.15, 0.2) is 6.29 Å². The Morgan fingerprint density at radius 3 is 2.58 bits per heavy atom. The maximum atomic E-state index is 6.59.